The number of anilines is 1. The second-order valence-electron chi connectivity index (χ2n) is 5.16. The normalized spacial score (nSPS) is 13.0. The van der Waals surface area contributed by atoms with Crippen LogP contribution in [0, 0.1) is 0 Å². The summed E-state index contributed by atoms with van der Waals surface area (Å²) in [5.74, 6) is 1.09. The number of ether oxygens (including phenoxy) is 1. The van der Waals surface area contributed by atoms with Crippen LogP contribution in [-0.2, 0) is 11.3 Å². The maximum Gasteiger partial charge on any atom is 0.195 e. The van der Waals surface area contributed by atoms with E-state index in [-0.39, 0.29) is 0 Å². The minimum absolute atomic E-state index is 0.449. The topological polar surface area (TPSA) is 41.8 Å². The van der Waals surface area contributed by atoms with E-state index >= 15 is 0 Å². The summed E-state index contributed by atoms with van der Waals surface area (Å²) in [6, 6.07) is 0.449. The summed E-state index contributed by atoms with van der Waals surface area (Å²) in [6.45, 7) is 9.98. The standard InChI is InChI=1S/C15H26N4OS/c1-5-12(3)18(7-9-20-4)14-13(11-16-6-2)19-8-10-21-15(19)17-14/h8,10,12,16H,5-7,9,11H2,1-4H3. The Morgan fingerprint density at radius 3 is 2.95 bits per heavy atom. The Balaban J connectivity index is 2.37. The Morgan fingerprint density at radius 2 is 2.29 bits per heavy atom. The zero-order chi connectivity index (χ0) is 15.2. The number of hydrogen-bond donors (Lipinski definition) is 1. The minimum Gasteiger partial charge on any atom is -0.383 e. The maximum atomic E-state index is 5.28. The van der Waals surface area contributed by atoms with Gasteiger partial charge in [0.25, 0.3) is 0 Å². The zero-order valence-electron chi connectivity index (χ0n) is 13.4. The third-order valence-corrected chi connectivity index (χ3v) is 4.57. The molecule has 0 aliphatic carbocycles. The first-order valence-corrected chi connectivity index (χ1v) is 8.51. The first-order chi connectivity index (χ1) is 10.2. The van der Waals surface area contributed by atoms with Crippen LogP contribution in [0.1, 0.15) is 32.9 Å². The Bertz CT molecular complexity index is 551. The van der Waals surface area contributed by atoms with Gasteiger partial charge in [0.05, 0.1) is 12.3 Å². The first-order valence-electron chi connectivity index (χ1n) is 7.63. The Morgan fingerprint density at radius 1 is 1.48 bits per heavy atom. The van der Waals surface area contributed by atoms with E-state index in [1.54, 1.807) is 18.4 Å². The number of imidazole rings is 1. The van der Waals surface area contributed by atoms with E-state index in [4.69, 9.17) is 9.72 Å². The van der Waals surface area contributed by atoms with Crippen LogP contribution in [0.15, 0.2) is 11.6 Å². The van der Waals surface area contributed by atoms with E-state index in [1.807, 2.05) is 0 Å². The highest BCUT2D eigenvalue weighted by Gasteiger charge is 2.21. The first kappa shape index (κ1) is 16.3. The number of methoxy groups -OCH3 is 1. The van der Waals surface area contributed by atoms with Crippen LogP contribution in [-0.4, -0.2) is 42.2 Å². The van der Waals surface area contributed by atoms with E-state index in [9.17, 15) is 0 Å². The molecule has 21 heavy (non-hydrogen) atoms. The van der Waals surface area contributed by atoms with Gasteiger partial charge >= 0.3 is 0 Å². The third kappa shape index (κ3) is 3.56. The summed E-state index contributed by atoms with van der Waals surface area (Å²) in [6.07, 6.45) is 3.20. The van der Waals surface area contributed by atoms with Crippen LogP contribution in [0.2, 0.25) is 0 Å². The van der Waals surface area contributed by atoms with Gasteiger partial charge in [-0.3, -0.25) is 4.40 Å². The molecule has 0 amide bonds. The lowest BCUT2D eigenvalue weighted by molar-refractivity contribution is 0.203. The monoisotopic (exact) mass is 310 g/mol. The molecule has 2 heterocycles. The zero-order valence-corrected chi connectivity index (χ0v) is 14.2. The van der Waals surface area contributed by atoms with E-state index in [1.165, 1.54) is 5.69 Å². The molecule has 2 aromatic heterocycles. The van der Waals surface area contributed by atoms with Crippen molar-refractivity contribution in [1.29, 1.82) is 0 Å². The SMILES string of the molecule is CCNCc1c(N(CCOC)C(C)CC)nc2sccn12. The predicted octanol–water partition coefficient (Wildman–Crippen LogP) is 2.76. The minimum atomic E-state index is 0.449. The lowest BCUT2D eigenvalue weighted by Gasteiger charge is -2.29. The molecule has 0 fully saturated rings. The molecular formula is C15H26N4OS. The van der Waals surface area contributed by atoms with Gasteiger partial charge in [-0.1, -0.05) is 13.8 Å². The van der Waals surface area contributed by atoms with Gasteiger partial charge < -0.3 is 15.0 Å². The molecule has 118 valence electrons. The fourth-order valence-electron chi connectivity index (χ4n) is 2.40. The van der Waals surface area contributed by atoms with Crippen LogP contribution >= 0.6 is 11.3 Å². The number of thiazole rings is 1. The molecule has 0 bridgehead atoms. The lowest BCUT2D eigenvalue weighted by Crippen LogP contribution is -2.36. The largest absolute Gasteiger partial charge is 0.383 e. The van der Waals surface area contributed by atoms with E-state index in [0.29, 0.717) is 6.04 Å². The molecule has 1 unspecified atom stereocenters. The summed E-state index contributed by atoms with van der Waals surface area (Å²) >= 11 is 1.68. The molecule has 1 N–H and O–H groups in total. The molecule has 0 radical (unpaired) electrons. The van der Waals surface area contributed by atoms with Crippen LogP contribution in [0.5, 0.6) is 0 Å². The molecule has 1 atom stereocenters. The summed E-state index contributed by atoms with van der Waals surface area (Å²) < 4.78 is 7.48. The highest BCUT2D eigenvalue weighted by atomic mass is 32.1. The van der Waals surface area contributed by atoms with Crippen molar-refractivity contribution in [3.63, 3.8) is 0 Å². The number of nitrogens with one attached hydrogen (secondary N) is 1. The third-order valence-electron chi connectivity index (χ3n) is 3.81. The van der Waals surface area contributed by atoms with Crippen molar-refractivity contribution in [2.75, 3.05) is 31.7 Å². The predicted molar refractivity (Wildman–Crippen MR) is 89.4 cm³/mol. The van der Waals surface area contributed by atoms with Gasteiger partial charge in [0, 0.05) is 37.8 Å². The molecule has 0 aliphatic heterocycles. The highest BCUT2D eigenvalue weighted by molar-refractivity contribution is 7.15. The van der Waals surface area contributed by atoms with Crippen LogP contribution < -0.4 is 10.2 Å². The molecule has 5 nitrogen and oxygen atoms in total. The lowest BCUT2D eigenvalue weighted by atomic mass is 10.2. The van der Waals surface area contributed by atoms with E-state index in [0.717, 1.165) is 43.4 Å². The molecule has 0 spiro atoms. The van der Waals surface area contributed by atoms with E-state index in [2.05, 4.69) is 47.0 Å². The van der Waals surface area contributed by atoms with Gasteiger partial charge in [0.2, 0.25) is 0 Å². The van der Waals surface area contributed by atoms with Crippen LogP contribution in [0.4, 0.5) is 5.82 Å². The fraction of sp³-hybridized carbons (Fsp3) is 0.667. The van der Waals surface area contributed by atoms with Crippen molar-refractivity contribution < 1.29 is 4.74 Å². The van der Waals surface area contributed by atoms with Crippen LogP contribution in [0.25, 0.3) is 4.96 Å². The molecule has 0 saturated carbocycles. The van der Waals surface area contributed by atoms with Gasteiger partial charge in [0.15, 0.2) is 10.8 Å². The van der Waals surface area contributed by atoms with Crippen molar-refractivity contribution in [1.82, 2.24) is 14.7 Å². The fourth-order valence-corrected chi connectivity index (χ4v) is 3.13. The highest BCUT2D eigenvalue weighted by Crippen LogP contribution is 2.26. The van der Waals surface area contributed by atoms with Crippen molar-refractivity contribution in [2.45, 2.75) is 39.8 Å². The second kappa shape index (κ2) is 7.77. The van der Waals surface area contributed by atoms with Gasteiger partial charge in [-0.2, -0.15) is 0 Å². The number of fused-ring (bicyclic) bond motifs is 1. The Hall–Kier alpha value is -1.11. The molecule has 2 aromatic rings. The summed E-state index contributed by atoms with van der Waals surface area (Å²) in [7, 11) is 1.75. The number of hydrogen-bond acceptors (Lipinski definition) is 5. The number of rotatable bonds is 9. The molecular weight excluding hydrogens is 284 g/mol. The Labute approximate surface area is 130 Å². The molecule has 6 heteroatoms. The number of aromatic nitrogens is 2. The van der Waals surface area contributed by atoms with E-state index < -0.39 is 0 Å². The quantitative estimate of drug-likeness (QED) is 0.773. The second-order valence-corrected chi connectivity index (χ2v) is 6.03. The van der Waals surface area contributed by atoms with Gasteiger partial charge in [-0.25, -0.2) is 4.98 Å². The van der Waals surface area contributed by atoms with Crippen molar-refractivity contribution >= 4 is 22.1 Å². The summed E-state index contributed by atoms with van der Waals surface area (Å²) in [4.78, 5) is 8.29. The summed E-state index contributed by atoms with van der Waals surface area (Å²) in [5, 5.41) is 5.51. The molecule has 0 saturated heterocycles. The average Bonchev–Trinajstić information content (AvgIpc) is 3.06. The van der Waals surface area contributed by atoms with Crippen molar-refractivity contribution in [3.05, 3.63) is 17.3 Å². The van der Waals surface area contributed by atoms with Crippen LogP contribution in [0.3, 0.4) is 0 Å². The smallest absolute Gasteiger partial charge is 0.195 e. The van der Waals surface area contributed by atoms with Gasteiger partial charge in [0.1, 0.15) is 0 Å². The Kier molecular flexibility index (Phi) is 6.02. The summed E-state index contributed by atoms with van der Waals surface area (Å²) in [5.41, 5.74) is 1.24. The average molecular weight is 310 g/mol. The van der Waals surface area contributed by atoms with Gasteiger partial charge in [-0.15, -0.1) is 11.3 Å². The number of nitrogens with zero attached hydrogens (tertiary/aromatic N) is 3. The molecule has 2 rings (SSSR count). The van der Waals surface area contributed by atoms with Gasteiger partial charge in [-0.05, 0) is 19.9 Å². The molecule has 0 aromatic carbocycles. The van der Waals surface area contributed by atoms with Crippen molar-refractivity contribution in [2.24, 2.45) is 0 Å². The maximum absolute atomic E-state index is 5.28. The van der Waals surface area contributed by atoms with Crippen molar-refractivity contribution in [3.8, 4) is 0 Å². The molecule has 0 aliphatic rings.